The molecule has 1 aliphatic rings. The highest BCUT2D eigenvalue weighted by molar-refractivity contribution is 5.54. The van der Waals surface area contributed by atoms with Gasteiger partial charge in [0.25, 0.3) is 0 Å². The average Bonchev–Trinajstić information content (AvgIpc) is 2.87. The van der Waals surface area contributed by atoms with Gasteiger partial charge < -0.3 is 19.9 Å². The van der Waals surface area contributed by atoms with Gasteiger partial charge >= 0.3 is 0 Å². The van der Waals surface area contributed by atoms with E-state index in [0.717, 1.165) is 11.3 Å². The zero-order valence-electron chi connectivity index (χ0n) is 11.6. The lowest BCUT2D eigenvalue weighted by Crippen LogP contribution is -2.00. The molecule has 3 rings (SSSR count). The summed E-state index contributed by atoms with van der Waals surface area (Å²) < 4.78 is 10.5. The zero-order chi connectivity index (χ0) is 14.1. The monoisotopic (exact) mass is 271 g/mol. The van der Waals surface area contributed by atoms with E-state index in [2.05, 4.69) is 31.3 Å². The van der Waals surface area contributed by atoms with Gasteiger partial charge in [-0.15, -0.1) is 0 Å². The summed E-state index contributed by atoms with van der Waals surface area (Å²) in [5, 5.41) is 13.3. The number of ether oxygens (including phenoxy) is 2. The van der Waals surface area contributed by atoms with E-state index in [1.807, 2.05) is 12.1 Å². The largest absolute Gasteiger partial charge is 0.507 e. The maximum atomic E-state index is 9.98. The van der Waals surface area contributed by atoms with Gasteiger partial charge in [0.05, 0.1) is 0 Å². The van der Waals surface area contributed by atoms with Crippen molar-refractivity contribution in [2.75, 3.05) is 12.1 Å². The molecule has 2 N–H and O–H groups in total. The Kier molecular flexibility index (Phi) is 3.14. The Morgan fingerprint density at radius 2 is 1.80 bits per heavy atom. The molecule has 20 heavy (non-hydrogen) atoms. The SMILES string of the molecule is Cc1ccc(NCc2cc3c(cc2O)OCO3)cc1C. The van der Waals surface area contributed by atoms with Gasteiger partial charge in [0.2, 0.25) is 6.79 Å². The normalized spacial score (nSPS) is 12.5. The van der Waals surface area contributed by atoms with Gasteiger partial charge in [0, 0.05) is 23.9 Å². The van der Waals surface area contributed by atoms with E-state index < -0.39 is 0 Å². The summed E-state index contributed by atoms with van der Waals surface area (Å²) in [7, 11) is 0. The molecule has 0 saturated carbocycles. The van der Waals surface area contributed by atoms with Crippen molar-refractivity contribution in [3.63, 3.8) is 0 Å². The molecule has 0 unspecified atom stereocenters. The molecule has 0 aromatic heterocycles. The Hall–Kier alpha value is -2.36. The lowest BCUT2D eigenvalue weighted by Gasteiger charge is -2.10. The molecule has 4 nitrogen and oxygen atoms in total. The topological polar surface area (TPSA) is 50.7 Å². The molecule has 0 radical (unpaired) electrons. The minimum absolute atomic E-state index is 0.211. The molecule has 4 heteroatoms. The maximum Gasteiger partial charge on any atom is 0.231 e. The van der Waals surface area contributed by atoms with Crippen LogP contribution in [0.25, 0.3) is 0 Å². The Morgan fingerprint density at radius 1 is 1.05 bits per heavy atom. The van der Waals surface area contributed by atoms with Crippen LogP contribution in [0.5, 0.6) is 17.2 Å². The number of nitrogens with one attached hydrogen (secondary N) is 1. The second kappa shape index (κ2) is 4.96. The number of phenolic OH excluding ortho intramolecular Hbond substituents is 1. The molecule has 0 fully saturated rings. The third-order valence-electron chi connectivity index (χ3n) is 3.56. The Bertz CT molecular complexity index is 652. The lowest BCUT2D eigenvalue weighted by molar-refractivity contribution is 0.174. The number of phenols is 1. The first-order valence-electron chi connectivity index (χ1n) is 6.56. The van der Waals surface area contributed by atoms with Crippen LogP contribution < -0.4 is 14.8 Å². The zero-order valence-corrected chi connectivity index (χ0v) is 11.6. The fourth-order valence-electron chi connectivity index (χ4n) is 2.16. The van der Waals surface area contributed by atoms with Crippen molar-refractivity contribution in [2.24, 2.45) is 0 Å². The van der Waals surface area contributed by atoms with Gasteiger partial charge in [-0.25, -0.2) is 0 Å². The molecular weight excluding hydrogens is 254 g/mol. The summed E-state index contributed by atoms with van der Waals surface area (Å²) in [5.41, 5.74) is 4.32. The van der Waals surface area contributed by atoms with Crippen LogP contribution in [0.3, 0.4) is 0 Å². The van der Waals surface area contributed by atoms with Crippen molar-refractivity contribution in [3.05, 3.63) is 47.0 Å². The van der Waals surface area contributed by atoms with Gasteiger partial charge in [-0.05, 0) is 43.2 Å². The highest BCUT2D eigenvalue weighted by atomic mass is 16.7. The molecule has 0 amide bonds. The molecule has 0 spiro atoms. The summed E-state index contributed by atoms with van der Waals surface area (Å²) in [5.74, 6) is 1.49. The van der Waals surface area contributed by atoms with Gasteiger partial charge in [0.1, 0.15) is 5.75 Å². The second-order valence-corrected chi connectivity index (χ2v) is 4.99. The van der Waals surface area contributed by atoms with E-state index in [-0.39, 0.29) is 12.5 Å². The highest BCUT2D eigenvalue weighted by Crippen LogP contribution is 2.37. The Balaban J connectivity index is 1.76. The molecular formula is C16H17NO3. The minimum atomic E-state index is 0.211. The summed E-state index contributed by atoms with van der Waals surface area (Å²) in [4.78, 5) is 0. The molecule has 104 valence electrons. The van der Waals surface area contributed by atoms with Crippen LogP contribution in [-0.2, 0) is 6.54 Å². The number of fused-ring (bicyclic) bond motifs is 1. The summed E-state index contributed by atoms with van der Waals surface area (Å²) in [6.07, 6.45) is 0. The quantitative estimate of drug-likeness (QED) is 0.899. The molecule has 0 aliphatic carbocycles. The Morgan fingerprint density at radius 3 is 2.55 bits per heavy atom. The van der Waals surface area contributed by atoms with Crippen molar-refractivity contribution >= 4 is 5.69 Å². The van der Waals surface area contributed by atoms with Crippen molar-refractivity contribution in [1.82, 2.24) is 0 Å². The summed E-state index contributed by atoms with van der Waals surface area (Å²) in [6, 6.07) is 9.62. The standard InChI is InChI=1S/C16H17NO3/c1-10-3-4-13(5-11(10)2)17-8-12-6-15-16(7-14(12)18)20-9-19-15/h3-7,17-18H,8-9H2,1-2H3. The van der Waals surface area contributed by atoms with E-state index >= 15 is 0 Å². The van der Waals surface area contributed by atoms with Crippen molar-refractivity contribution in [3.8, 4) is 17.2 Å². The number of aromatic hydroxyl groups is 1. The number of anilines is 1. The van der Waals surface area contributed by atoms with E-state index in [1.54, 1.807) is 6.07 Å². The first-order chi connectivity index (χ1) is 9.63. The summed E-state index contributed by atoms with van der Waals surface area (Å²) >= 11 is 0. The lowest BCUT2D eigenvalue weighted by atomic mass is 10.1. The summed E-state index contributed by atoms with van der Waals surface area (Å²) in [6.45, 7) is 4.91. The maximum absolute atomic E-state index is 9.98. The smallest absolute Gasteiger partial charge is 0.231 e. The number of hydrogen-bond acceptors (Lipinski definition) is 4. The fourth-order valence-corrected chi connectivity index (χ4v) is 2.16. The van der Waals surface area contributed by atoms with Crippen LogP contribution in [0.2, 0.25) is 0 Å². The van der Waals surface area contributed by atoms with Gasteiger partial charge in [0.15, 0.2) is 11.5 Å². The second-order valence-electron chi connectivity index (χ2n) is 4.99. The number of hydrogen-bond donors (Lipinski definition) is 2. The minimum Gasteiger partial charge on any atom is -0.507 e. The predicted octanol–water partition coefficient (Wildman–Crippen LogP) is 3.35. The first kappa shape index (κ1) is 12.7. The predicted molar refractivity (Wildman–Crippen MR) is 77.5 cm³/mol. The Labute approximate surface area is 118 Å². The van der Waals surface area contributed by atoms with E-state index in [4.69, 9.17) is 9.47 Å². The van der Waals surface area contributed by atoms with Gasteiger partial charge in [-0.2, -0.15) is 0 Å². The number of rotatable bonds is 3. The fraction of sp³-hybridized carbons (Fsp3) is 0.250. The van der Waals surface area contributed by atoms with Crippen LogP contribution in [-0.4, -0.2) is 11.9 Å². The van der Waals surface area contributed by atoms with Crippen LogP contribution in [0.1, 0.15) is 16.7 Å². The highest BCUT2D eigenvalue weighted by Gasteiger charge is 2.16. The van der Waals surface area contributed by atoms with Crippen molar-refractivity contribution < 1.29 is 14.6 Å². The van der Waals surface area contributed by atoms with E-state index in [1.165, 1.54) is 11.1 Å². The van der Waals surface area contributed by atoms with E-state index in [0.29, 0.717) is 18.0 Å². The third-order valence-corrected chi connectivity index (χ3v) is 3.56. The van der Waals surface area contributed by atoms with Crippen molar-refractivity contribution in [2.45, 2.75) is 20.4 Å². The molecule has 2 aromatic rings. The average molecular weight is 271 g/mol. The number of benzene rings is 2. The molecule has 2 aromatic carbocycles. The molecule has 0 atom stereocenters. The van der Waals surface area contributed by atoms with Crippen molar-refractivity contribution in [1.29, 1.82) is 0 Å². The first-order valence-corrected chi connectivity index (χ1v) is 6.56. The van der Waals surface area contributed by atoms with Crippen LogP contribution in [0.15, 0.2) is 30.3 Å². The van der Waals surface area contributed by atoms with Crippen LogP contribution >= 0.6 is 0 Å². The van der Waals surface area contributed by atoms with Gasteiger partial charge in [-0.1, -0.05) is 6.07 Å². The molecule has 0 bridgehead atoms. The molecule has 1 heterocycles. The van der Waals surface area contributed by atoms with Crippen LogP contribution in [0, 0.1) is 13.8 Å². The third kappa shape index (κ3) is 2.37. The molecule has 0 saturated heterocycles. The van der Waals surface area contributed by atoms with E-state index in [9.17, 15) is 5.11 Å². The number of aryl methyl sites for hydroxylation is 2. The van der Waals surface area contributed by atoms with Gasteiger partial charge in [-0.3, -0.25) is 0 Å². The van der Waals surface area contributed by atoms with Crippen LogP contribution in [0.4, 0.5) is 5.69 Å². The molecule has 1 aliphatic heterocycles.